The molecule has 154 valence electrons. The van der Waals surface area contributed by atoms with Crippen molar-refractivity contribution in [2.75, 3.05) is 26.8 Å². The summed E-state index contributed by atoms with van der Waals surface area (Å²) in [6.45, 7) is 7.73. The van der Waals surface area contributed by atoms with Crippen LogP contribution in [0.1, 0.15) is 41.0 Å². The molecule has 2 aliphatic rings. The fourth-order valence-corrected chi connectivity index (χ4v) is 4.14. The minimum atomic E-state index is 0.0651. The predicted molar refractivity (Wildman–Crippen MR) is 111 cm³/mol. The Bertz CT molecular complexity index is 869. The Hall–Kier alpha value is -2.44. The van der Waals surface area contributed by atoms with Crippen LogP contribution in [0, 0.1) is 0 Å². The van der Waals surface area contributed by atoms with E-state index in [1.54, 1.807) is 7.11 Å². The van der Waals surface area contributed by atoms with Gasteiger partial charge in [0, 0.05) is 31.2 Å². The van der Waals surface area contributed by atoms with Crippen LogP contribution >= 0.6 is 0 Å². The first-order valence-corrected chi connectivity index (χ1v) is 10.3. The molecule has 1 unspecified atom stereocenters. The quantitative estimate of drug-likeness (QED) is 0.753. The highest BCUT2D eigenvalue weighted by molar-refractivity contribution is 5.98. The first-order chi connectivity index (χ1) is 14.0. The third kappa shape index (κ3) is 4.28. The average molecular weight is 396 g/mol. The Balaban J connectivity index is 1.48. The number of hydrogen-bond acceptors (Lipinski definition) is 5. The van der Waals surface area contributed by atoms with E-state index in [1.165, 1.54) is 5.56 Å². The number of carbonyl (C=O) groups is 1. The highest BCUT2D eigenvalue weighted by Gasteiger charge is 2.32. The highest BCUT2D eigenvalue weighted by Crippen LogP contribution is 2.29. The van der Waals surface area contributed by atoms with Crippen LogP contribution in [0.5, 0.6) is 5.88 Å². The van der Waals surface area contributed by atoms with Crippen molar-refractivity contribution >= 4 is 5.91 Å². The van der Waals surface area contributed by atoms with Crippen molar-refractivity contribution in [2.24, 2.45) is 0 Å². The van der Waals surface area contributed by atoms with Crippen LogP contribution in [0.2, 0.25) is 0 Å². The van der Waals surface area contributed by atoms with Crippen molar-refractivity contribution in [2.45, 2.75) is 45.5 Å². The summed E-state index contributed by atoms with van der Waals surface area (Å²) in [4.78, 5) is 21.6. The van der Waals surface area contributed by atoms with Crippen LogP contribution in [0.15, 0.2) is 36.4 Å². The number of hydrogen-bond donors (Lipinski definition) is 0. The fraction of sp³-hybridized carbons (Fsp3) is 0.478. The number of methoxy groups -OCH3 is 1. The molecule has 0 aliphatic carbocycles. The van der Waals surface area contributed by atoms with Gasteiger partial charge in [0.2, 0.25) is 5.88 Å². The van der Waals surface area contributed by atoms with Crippen LogP contribution < -0.4 is 4.74 Å². The summed E-state index contributed by atoms with van der Waals surface area (Å²) < 4.78 is 11.6. The number of carbonyl (C=O) groups excluding carboxylic acids is 1. The van der Waals surface area contributed by atoms with Gasteiger partial charge in [-0.2, -0.15) is 0 Å². The molecule has 1 fully saturated rings. The maximum atomic E-state index is 12.7. The molecule has 1 saturated heterocycles. The summed E-state index contributed by atoms with van der Waals surface area (Å²) in [5.74, 6) is 0.684. The first kappa shape index (κ1) is 19.9. The Morgan fingerprint density at radius 2 is 2.07 bits per heavy atom. The summed E-state index contributed by atoms with van der Waals surface area (Å²) in [5, 5.41) is 0. The molecule has 1 aromatic carbocycles. The van der Waals surface area contributed by atoms with E-state index >= 15 is 0 Å². The molecule has 29 heavy (non-hydrogen) atoms. The summed E-state index contributed by atoms with van der Waals surface area (Å²) in [5.41, 5.74) is 3.78. The van der Waals surface area contributed by atoms with Gasteiger partial charge in [-0.15, -0.1) is 0 Å². The van der Waals surface area contributed by atoms with E-state index in [2.05, 4.69) is 34.1 Å². The smallest absolute Gasteiger partial charge is 0.256 e. The molecule has 1 atom stereocenters. The van der Waals surface area contributed by atoms with Gasteiger partial charge in [0.15, 0.2) is 0 Å². The Kier molecular flexibility index (Phi) is 5.83. The van der Waals surface area contributed by atoms with E-state index < -0.39 is 0 Å². The summed E-state index contributed by atoms with van der Waals surface area (Å²) in [6, 6.07) is 12.6. The number of ether oxygens (including phenoxy) is 2. The normalized spacial score (nSPS) is 19.7. The van der Waals surface area contributed by atoms with Gasteiger partial charge in [0.1, 0.15) is 0 Å². The second kappa shape index (κ2) is 8.51. The second-order valence-corrected chi connectivity index (χ2v) is 8.10. The van der Waals surface area contributed by atoms with Gasteiger partial charge in [-0.25, -0.2) is 4.98 Å². The molecule has 0 N–H and O–H groups in total. The fourth-order valence-electron chi connectivity index (χ4n) is 4.14. The van der Waals surface area contributed by atoms with Gasteiger partial charge in [0.25, 0.3) is 5.91 Å². The molecule has 0 saturated carbocycles. The zero-order chi connectivity index (χ0) is 20.4. The standard InChI is InChI=1S/C23H29N3O3/c1-16(2)26-15-21-20(23(26)27)12-18(22(24-21)28-3)13-25-9-10-29-19(14-25)11-17-7-5-4-6-8-17/h4-8,12,16,19H,9-11,13-15H2,1-3H3. The lowest BCUT2D eigenvalue weighted by atomic mass is 10.1. The van der Waals surface area contributed by atoms with Crippen LogP contribution in [0.3, 0.4) is 0 Å². The second-order valence-electron chi connectivity index (χ2n) is 8.10. The van der Waals surface area contributed by atoms with Gasteiger partial charge in [-0.3, -0.25) is 9.69 Å². The first-order valence-electron chi connectivity index (χ1n) is 10.3. The van der Waals surface area contributed by atoms with Crippen molar-refractivity contribution < 1.29 is 14.3 Å². The van der Waals surface area contributed by atoms with Crippen LogP contribution in [0.25, 0.3) is 0 Å². The molecule has 1 aromatic heterocycles. The van der Waals surface area contributed by atoms with Crippen molar-refractivity contribution in [3.05, 3.63) is 58.8 Å². The van der Waals surface area contributed by atoms with Crippen LogP contribution in [-0.4, -0.2) is 59.6 Å². The largest absolute Gasteiger partial charge is 0.481 e. The molecular weight excluding hydrogens is 366 g/mol. The minimum Gasteiger partial charge on any atom is -0.481 e. The number of rotatable bonds is 6. The topological polar surface area (TPSA) is 54.9 Å². The number of pyridine rings is 1. The van der Waals surface area contributed by atoms with E-state index in [-0.39, 0.29) is 18.1 Å². The lowest BCUT2D eigenvalue weighted by molar-refractivity contribution is -0.0307. The van der Waals surface area contributed by atoms with E-state index in [4.69, 9.17) is 9.47 Å². The molecule has 0 radical (unpaired) electrons. The molecule has 1 amide bonds. The Labute approximate surface area is 172 Å². The molecule has 2 aromatic rings. The maximum absolute atomic E-state index is 12.7. The van der Waals surface area contributed by atoms with Crippen molar-refractivity contribution in [1.29, 1.82) is 0 Å². The number of nitrogens with zero attached hydrogens (tertiary/aromatic N) is 3. The number of amides is 1. The average Bonchev–Trinajstić information content (AvgIpc) is 3.04. The third-order valence-electron chi connectivity index (χ3n) is 5.69. The van der Waals surface area contributed by atoms with E-state index in [0.29, 0.717) is 31.1 Å². The highest BCUT2D eigenvalue weighted by atomic mass is 16.5. The number of benzene rings is 1. The zero-order valence-electron chi connectivity index (χ0n) is 17.4. The molecule has 0 bridgehead atoms. The SMILES string of the molecule is COc1nc2c(cc1CN1CCOC(Cc3ccccc3)C1)C(=O)N(C(C)C)C2. The van der Waals surface area contributed by atoms with Gasteiger partial charge in [-0.05, 0) is 31.9 Å². The number of morpholine rings is 1. The molecule has 2 aliphatic heterocycles. The summed E-state index contributed by atoms with van der Waals surface area (Å²) in [7, 11) is 1.65. The maximum Gasteiger partial charge on any atom is 0.256 e. The molecular formula is C23H29N3O3. The van der Waals surface area contributed by atoms with Gasteiger partial charge in [-0.1, -0.05) is 30.3 Å². The summed E-state index contributed by atoms with van der Waals surface area (Å²) >= 11 is 0. The Morgan fingerprint density at radius 3 is 2.79 bits per heavy atom. The molecule has 6 heteroatoms. The van der Waals surface area contributed by atoms with E-state index in [0.717, 1.165) is 30.8 Å². The zero-order valence-corrected chi connectivity index (χ0v) is 17.4. The van der Waals surface area contributed by atoms with E-state index in [1.807, 2.05) is 30.9 Å². The lowest BCUT2D eigenvalue weighted by Gasteiger charge is -2.33. The van der Waals surface area contributed by atoms with Gasteiger partial charge >= 0.3 is 0 Å². The number of fused-ring (bicyclic) bond motifs is 1. The van der Waals surface area contributed by atoms with Gasteiger partial charge in [0.05, 0.1) is 37.6 Å². The van der Waals surface area contributed by atoms with Crippen LogP contribution in [0.4, 0.5) is 0 Å². The molecule has 6 nitrogen and oxygen atoms in total. The summed E-state index contributed by atoms with van der Waals surface area (Å²) in [6.07, 6.45) is 1.07. The molecule has 3 heterocycles. The monoisotopic (exact) mass is 395 g/mol. The number of aromatic nitrogens is 1. The van der Waals surface area contributed by atoms with Crippen LogP contribution in [-0.2, 0) is 24.2 Å². The Morgan fingerprint density at radius 1 is 1.28 bits per heavy atom. The van der Waals surface area contributed by atoms with Gasteiger partial charge < -0.3 is 14.4 Å². The predicted octanol–water partition coefficient (Wildman–Crippen LogP) is 2.90. The molecule has 4 rings (SSSR count). The third-order valence-corrected chi connectivity index (χ3v) is 5.69. The van der Waals surface area contributed by atoms with E-state index in [9.17, 15) is 4.79 Å². The van der Waals surface area contributed by atoms with Crippen molar-refractivity contribution in [1.82, 2.24) is 14.8 Å². The van der Waals surface area contributed by atoms with Crippen molar-refractivity contribution in [3.8, 4) is 5.88 Å². The minimum absolute atomic E-state index is 0.0651. The lowest BCUT2D eigenvalue weighted by Crippen LogP contribution is -2.42. The van der Waals surface area contributed by atoms with Crippen molar-refractivity contribution in [3.63, 3.8) is 0 Å². The molecule has 0 spiro atoms.